The van der Waals surface area contributed by atoms with Gasteiger partial charge in [-0.15, -0.1) is 0 Å². The molecule has 0 aliphatic heterocycles. The zero-order valence-corrected chi connectivity index (χ0v) is 24.9. The number of hydrogen-bond acceptors (Lipinski definition) is 7. The summed E-state index contributed by atoms with van der Waals surface area (Å²) in [7, 11) is -3.84. The lowest BCUT2D eigenvalue weighted by molar-refractivity contribution is -0.145. The number of benzene rings is 4. The maximum Gasteiger partial charge on any atom is 0.344 e. The fourth-order valence-electron chi connectivity index (χ4n) is 4.51. The van der Waals surface area contributed by atoms with Crippen molar-refractivity contribution < 1.29 is 27.8 Å². The fraction of sp³-hybridized carbons (Fsp3) is 0.242. The highest BCUT2D eigenvalue weighted by molar-refractivity contribution is 7.91. The minimum absolute atomic E-state index is 0.0661. The van der Waals surface area contributed by atoms with Crippen molar-refractivity contribution in [3.05, 3.63) is 125 Å². The lowest BCUT2D eigenvalue weighted by atomic mass is 10.1. The molecule has 42 heavy (non-hydrogen) atoms. The molecule has 0 saturated carbocycles. The third-order valence-electron chi connectivity index (χ3n) is 6.62. The van der Waals surface area contributed by atoms with E-state index in [0.29, 0.717) is 31.1 Å². The van der Waals surface area contributed by atoms with Crippen molar-refractivity contribution in [2.75, 3.05) is 26.3 Å². The van der Waals surface area contributed by atoms with E-state index in [4.69, 9.17) is 21.1 Å². The van der Waals surface area contributed by atoms with Crippen LogP contribution < -0.4 is 4.74 Å². The number of hydrogen-bond donors (Lipinski definition) is 1. The third-order valence-corrected chi connectivity index (χ3v) is 8.60. The Labute approximate surface area is 252 Å². The van der Waals surface area contributed by atoms with Crippen LogP contribution in [0.15, 0.2) is 113 Å². The number of aliphatic hydroxyl groups excluding tert-OH is 1. The largest absolute Gasteiger partial charge is 0.482 e. The normalized spacial score (nSPS) is 12.2. The van der Waals surface area contributed by atoms with E-state index in [1.165, 1.54) is 12.1 Å². The predicted octanol–water partition coefficient (Wildman–Crippen LogP) is 5.89. The first kappa shape index (κ1) is 31.3. The molecular formula is C33H34ClNO6S. The average molecular weight is 608 g/mol. The molecule has 4 aromatic rings. The Morgan fingerprint density at radius 2 is 1.57 bits per heavy atom. The summed E-state index contributed by atoms with van der Waals surface area (Å²) in [6, 6.07) is 30.1. The summed E-state index contributed by atoms with van der Waals surface area (Å²) in [6.45, 7) is 3.22. The van der Waals surface area contributed by atoms with E-state index < -0.39 is 21.9 Å². The summed E-state index contributed by atoms with van der Waals surface area (Å²) in [6.07, 6.45) is -0.168. The number of nitrogens with zero attached hydrogens (tertiary/aromatic N) is 1. The number of esters is 1. The van der Waals surface area contributed by atoms with Crippen LogP contribution in [0.3, 0.4) is 0 Å². The van der Waals surface area contributed by atoms with E-state index in [-0.39, 0.29) is 28.8 Å². The molecule has 7 nitrogen and oxygen atoms in total. The van der Waals surface area contributed by atoms with Gasteiger partial charge in [-0.05, 0) is 72.5 Å². The monoisotopic (exact) mass is 607 g/mol. The molecule has 4 rings (SSSR count). The van der Waals surface area contributed by atoms with Gasteiger partial charge in [-0.25, -0.2) is 13.2 Å². The molecule has 0 aromatic heterocycles. The molecule has 0 saturated heterocycles. The van der Waals surface area contributed by atoms with Gasteiger partial charge in [-0.3, -0.25) is 4.90 Å². The highest BCUT2D eigenvalue weighted by Crippen LogP contribution is 2.26. The fourth-order valence-corrected chi connectivity index (χ4v) is 6.07. The third kappa shape index (κ3) is 8.90. The minimum Gasteiger partial charge on any atom is -0.482 e. The van der Waals surface area contributed by atoms with Crippen LogP contribution in [0.25, 0.3) is 0 Å². The van der Waals surface area contributed by atoms with Crippen LogP contribution >= 0.6 is 11.6 Å². The van der Waals surface area contributed by atoms with Crippen LogP contribution in [-0.2, 0) is 32.3 Å². The summed E-state index contributed by atoms with van der Waals surface area (Å²) >= 11 is 6.14. The number of sulfone groups is 1. The highest BCUT2D eigenvalue weighted by Gasteiger charge is 2.20. The Balaban J connectivity index is 1.48. The molecule has 0 unspecified atom stereocenters. The first-order valence-corrected chi connectivity index (χ1v) is 15.5. The SMILES string of the molecule is CCOC(=O)COc1cccc(S(=O)(=O)c2cccc(CCN(Cc3ccccc3)C[C@H](O)c3cccc(Cl)c3)c2)c1. The molecule has 0 aliphatic carbocycles. The number of ether oxygens (including phenoxy) is 2. The van der Waals surface area contributed by atoms with Crippen LogP contribution in [0.5, 0.6) is 5.75 Å². The minimum atomic E-state index is -3.84. The Bertz CT molecular complexity index is 1580. The molecule has 0 heterocycles. The molecule has 0 spiro atoms. The van der Waals surface area contributed by atoms with Crippen molar-refractivity contribution in [3.63, 3.8) is 0 Å². The van der Waals surface area contributed by atoms with E-state index >= 15 is 0 Å². The van der Waals surface area contributed by atoms with Crippen molar-refractivity contribution >= 4 is 27.4 Å². The van der Waals surface area contributed by atoms with Crippen molar-refractivity contribution in [1.82, 2.24) is 4.90 Å². The summed E-state index contributed by atoms with van der Waals surface area (Å²) in [4.78, 5) is 14.0. The molecule has 0 bridgehead atoms. The summed E-state index contributed by atoms with van der Waals surface area (Å²) in [5.41, 5.74) is 2.69. The second-order valence-electron chi connectivity index (χ2n) is 9.76. The summed E-state index contributed by atoms with van der Waals surface area (Å²) < 4.78 is 37.3. The van der Waals surface area contributed by atoms with Crippen LogP contribution in [0, 0.1) is 0 Å². The second kappa shape index (κ2) is 15.0. The van der Waals surface area contributed by atoms with Crippen molar-refractivity contribution in [2.24, 2.45) is 0 Å². The highest BCUT2D eigenvalue weighted by atomic mass is 35.5. The van der Waals surface area contributed by atoms with E-state index in [0.717, 1.165) is 16.7 Å². The van der Waals surface area contributed by atoms with Gasteiger partial charge in [0.05, 0.1) is 22.5 Å². The summed E-state index contributed by atoms with van der Waals surface area (Å²) in [5, 5.41) is 11.5. The van der Waals surface area contributed by atoms with E-state index in [1.54, 1.807) is 49.4 Å². The number of carbonyl (C=O) groups is 1. The quantitative estimate of drug-likeness (QED) is 0.179. The number of carbonyl (C=O) groups excluding carboxylic acids is 1. The molecule has 0 aliphatic rings. The van der Waals surface area contributed by atoms with E-state index in [1.807, 2.05) is 48.5 Å². The predicted molar refractivity (Wildman–Crippen MR) is 162 cm³/mol. The first-order valence-electron chi connectivity index (χ1n) is 13.7. The van der Waals surface area contributed by atoms with Gasteiger partial charge in [0.25, 0.3) is 0 Å². The van der Waals surface area contributed by atoms with Crippen molar-refractivity contribution in [2.45, 2.75) is 35.8 Å². The topological polar surface area (TPSA) is 93.1 Å². The van der Waals surface area contributed by atoms with Gasteiger partial charge < -0.3 is 14.6 Å². The number of rotatable bonds is 14. The Kier molecular flexibility index (Phi) is 11.1. The Morgan fingerprint density at radius 3 is 2.31 bits per heavy atom. The zero-order valence-electron chi connectivity index (χ0n) is 23.4. The van der Waals surface area contributed by atoms with Gasteiger partial charge >= 0.3 is 5.97 Å². The molecule has 220 valence electrons. The van der Waals surface area contributed by atoms with E-state index in [2.05, 4.69) is 4.90 Å². The Morgan fingerprint density at radius 1 is 0.881 bits per heavy atom. The van der Waals surface area contributed by atoms with Crippen LogP contribution in [-0.4, -0.2) is 50.7 Å². The average Bonchev–Trinajstić information content (AvgIpc) is 3.00. The van der Waals surface area contributed by atoms with Gasteiger partial charge in [0.1, 0.15) is 5.75 Å². The van der Waals surface area contributed by atoms with E-state index in [9.17, 15) is 18.3 Å². The second-order valence-corrected chi connectivity index (χ2v) is 12.1. The zero-order chi connectivity index (χ0) is 30.0. The number of halogens is 1. The van der Waals surface area contributed by atoms with Crippen LogP contribution in [0.2, 0.25) is 5.02 Å². The number of aliphatic hydroxyl groups is 1. The first-order chi connectivity index (χ1) is 20.2. The van der Waals surface area contributed by atoms with Crippen molar-refractivity contribution in [1.29, 1.82) is 0 Å². The van der Waals surface area contributed by atoms with Gasteiger partial charge in [0, 0.05) is 24.7 Å². The van der Waals surface area contributed by atoms with Crippen LogP contribution in [0.4, 0.5) is 0 Å². The molecule has 9 heteroatoms. The molecule has 1 N–H and O–H groups in total. The van der Waals surface area contributed by atoms with Crippen LogP contribution in [0.1, 0.15) is 29.7 Å². The van der Waals surface area contributed by atoms with Gasteiger partial charge in [0.2, 0.25) is 9.84 Å². The summed E-state index contributed by atoms with van der Waals surface area (Å²) in [5.74, 6) is -0.269. The van der Waals surface area contributed by atoms with Gasteiger partial charge in [-0.2, -0.15) is 0 Å². The molecule has 1 atom stereocenters. The standard InChI is InChI=1S/C33H34ClNO6S/c1-2-40-33(37)24-41-29-14-8-16-31(21-29)42(38,39)30-15-6-11-25(19-30)17-18-35(22-26-9-4-3-5-10-26)23-32(36)27-12-7-13-28(34)20-27/h3-16,19-21,32,36H,2,17-18,22-24H2,1H3/t32-/m0/s1. The maximum absolute atomic E-state index is 13.5. The lowest BCUT2D eigenvalue weighted by Crippen LogP contribution is -2.30. The van der Waals surface area contributed by atoms with Crippen molar-refractivity contribution in [3.8, 4) is 5.75 Å². The lowest BCUT2D eigenvalue weighted by Gasteiger charge is -2.26. The smallest absolute Gasteiger partial charge is 0.344 e. The Hall–Kier alpha value is -3.69. The van der Waals surface area contributed by atoms with Gasteiger partial charge in [0.15, 0.2) is 6.61 Å². The molecule has 0 fully saturated rings. The molecule has 0 radical (unpaired) electrons. The molecule has 0 amide bonds. The molecular weight excluding hydrogens is 574 g/mol. The van der Waals surface area contributed by atoms with Gasteiger partial charge in [-0.1, -0.05) is 72.3 Å². The molecule has 4 aromatic carbocycles. The maximum atomic E-state index is 13.5.